The number of aryl methyl sites for hydroxylation is 1. The van der Waals surface area contributed by atoms with Crippen LogP contribution >= 0.6 is 11.3 Å². The number of benzene rings is 1. The van der Waals surface area contributed by atoms with Crippen molar-refractivity contribution in [1.82, 2.24) is 4.98 Å². The molecule has 0 saturated carbocycles. The summed E-state index contributed by atoms with van der Waals surface area (Å²) in [6, 6.07) is 11.8. The molecule has 1 aliphatic rings. The summed E-state index contributed by atoms with van der Waals surface area (Å²) in [6.07, 6.45) is 3.80. The number of piperidine rings is 1. The highest BCUT2D eigenvalue weighted by atomic mass is 32.1. The summed E-state index contributed by atoms with van der Waals surface area (Å²) in [5.74, 6) is 1.00. The molecule has 1 aliphatic heterocycles. The molecule has 25 heavy (non-hydrogen) atoms. The molecule has 3 heterocycles. The molecular weight excluding hydrogens is 330 g/mol. The third kappa shape index (κ3) is 3.37. The fourth-order valence-corrected chi connectivity index (χ4v) is 3.96. The number of pyridine rings is 1. The maximum atomic E-state index is 12.2. The van der Waals surface area contributed by atoms with Gasteiger partial charge in [-0.25, -0.2) is 4.98 Å². The number of aromatic nitrogens is 1. The first kappa shape index (κ1) is 16.1. The summed E-state index contributed by atoms with van der Waals surface area (Å²) in [5, 5.41) is 5.97. The van der Waals surface area contributed by atoms with Crippen molar-refractivity contribution < 1.29 is 4.79 Å². The number of nitrogens with one attached hydrogen (secondary N) is 1. The minimum atomic E-state index is -0.0649. The number of anilines is 2. The largest absolute Gasteiger partial charge is 0.357 e. The third-order valence-corrected chi connectivity index (χ3v) is 5.55. The van der Waals surface area contributed by atoms with E-state index < -0.39 is 0 Å². The fraction of sp³-hybridized carbons (Fsp3) is 0.300. The average Bonchev–Trinajstić information content (AvgIpc) is 3.18. The number of carbonyl (C=O) groups excluding carboxylic acids is 1. The minimum absolute atomic E-state index is 0.0649. The van der Waals surface area contributed by atoms with Crippen molar-refractivity contribution in [2.75, 3.05) is 23.3 Å². The van der Waals surface area contributed by atoms with Crippen molar-refractivity contribution in [2.24, 2.45) is 0 Å². The Kier molecular flexibility index (Phi) is 4.40. The van der Waals surface area contributed by atoms with Gasteiger partial charge in [0.05, 0.1) is 10.4 Å². The van der Waals surface area contributed by atoms with Crippen molar-refractivity contribution in [2.45, 2.75) is 26.2 Å². The van der Waals surface area contributed by atoms with Crippen LogP contribution in [0.5, 0.6) is 0 Å². The zero-order chi connectivity index (χ0) is 17.2. The number of carbonyl (C=O) groups is 1. The molecule has 5 heteroatoms. The fourth-order valence-electron chi connectivity index (χ4n) is 3.34. The van der Waals surface area contributed by atoms with Gasteiger partial charge >= 0.3 is 0 Å². The van der Waals surface area contributed by atoms with E-state index in [1.165, 1.54) is 36.2 Å². The highest BCUT2D eigenvalue weighted by Crippen LogP contribution is 2.27. The van der Waals surface area contributed by atoms with Crippen molar-refractivity contribution in [3.05, 3.63) is 52.2 Å². The van der Waals surface area contributed by atoms with Gasteiger partial charge in [0.15, 0.2) is 0 Å². The Morgan fingerprint density at radius 3 is 2.76 bits per heavy atom. The second kappa shape index (κ2) is 6.84. The van der Waals surface area contributed by atoms with Crippen LogP contribution in [0.25, 0.3) is 10.9 Å². The van der Waals surface area contributed by atoms with E-state index in [0.29, 0.717) is 0 Å². The van der Waals surface area contributed by atoms with E-state index in [9.17, 15) is 4.79 Å². The monoisotopic (exact) mass is 351 g/mol. The molecule has 0 aliphatic carbocycles. The summed E-state index contributed by atoms with van der Waals surface area (Å²) in [7, 11) is 0. The zero-order valence-electron chi connectivity index (χ0n) is 14.3. The van der Waals surface area contributed by atoms with Crippen LogP contribution in [0.2, 0.25) is 0 Å². The molecule has 0 bridgehead atoms. The second-order valence-corrected chi connectivity index (χ2v) is 7.46. The number of hydrogen-bond donors (Lipinski definition) is 1. The SMILES string of the molecule is Cc1cc(N2CCCCC2)nc2ccc(NC(=O)c3cccs3)cc12. The first-order chi connectivity index (χ1) is 12.2. The van der Waals surface area contributed by atoms with E-state index in [2.05, 4.69) is 23.2 Å². The highest BCUT2D eigenvalue weighted by Gasteiger charge is 2.14. The first-order valence-corrected chi connectivity index (χ1v) is 9.60. The van der Waals surface area contributed by atoms with Gasteiger partial charge in [0.1, 0.15) is 5.82 Å². The number of hydrogen-bond acceptors (Lipinski definition) is 4. The highest BCUT2D eigenvalue weighted by molar-refractivity contribution is 7.12. The summed E-state index contributed by atoms with van der Waals surface area (Å²) < 4.78 is 0. The molecule has 0 unspecified atom stereocenters. The Bertz CT molecular complexity index is 899. The predicted octanol–water partition coefficient (Wildman–Crippen LogP) is 4.85. The van der Waals surface area contributed by atoms with Crippen LogP contribution < -0.4 is 10.2 Å². The number of fused-ring (bicyclic) bond motifs is 1. The zero-order valence-corrected chi connectivity index (χ0v) is 15.1. The van der Waals surface area contributed by atoms with Gasteiger partial charge in [0.25, 0.3) is 5.91 Å². The Labute approximate surface area is 151 Å². The molecule has 1 N–H and O–H groups in total. The number of amides is 1. The van der Waals surface area contributed by atoms with Crippen molar-refractivity contribution in [1.29, 1.82) is 0 Å². The Hall–Kier alpha value is -2.40. The van der Waals surface area contributed by atoms with E-state index in [1.807, 2.05) is 35.7 Å². The third-order valence-electron chi connectivity index (χ3n) is 4.68. The molecule has 0 atom stereocenters. The topological polar surface area (TPSA) is 45.2 Å². The van der Waals surface area contributed by atoms with Crippen LogP contribution in [0, 0.1) is 6.92 Å². The van der Waals surface area contributed by atoms with E-state index in [-0.39, 0.29) is 5.91 Å². The smallest absolute Gasteiger partial charge is 0.265 e. The molecule has 1 amide bonds. The van der Waals surface area contributed by atoms with Gasteiger partial charge < -0.3 is 10.2 Å². The Balaban J connectivity index is 1.62. The molecule has 128 valence electrons. The van der Waals surface area contributed by atoms with Gasteiger partial charge in [-0.1, -0.05) is 6.07 Å². The van der Waals surface area contributed by atoms with Gasteiger partial charge in [-0.15, -0.1) is 11.3 Å². The molecule has 0 radical (unpaired) electrons. The molecule has 0 spiro atoms. The number of thiophene rings is 1. The number of rotatable bonds is 3. The summed E-state index contributed by atoms with van der Waals surface area (Å²) in [4.78, 5) is 20.2. The van der Waals surface area contributed by atoms with E-state index in [4.69, 9.17) is 4.98 Å². The summed E-state index contributed by atoms with van der Waals surface area (Å²) in [6.45, 7) is 4.29. The van der Waals surface area contributed by atoms with Crippen LogP contribution in [-0.2, 0) is 0 Å². The van der Waals surface area contributed by atoms with Crippen LogP contribution in [-0.4, -0.2) is 24.0 Å². The van der Waals surface area contributed by atoms with Crippen LogP contribution in [0.4, 0.5) is 11.5 Å². The van der Waals surface area contributed by atoms with Crippen LogP contribution in [0.15, 0.2) is 41.8 Å². The average molecular weight is 351 g/mol. The Morgan fingerprint density at radius 1 is 1.16 bits per heavy atom. The lowest BCUT2D eigenvalue weighted by molar-refractivity contribution is 0.103. The molecule has 1 saturated heterocycles. The van der Waals surface area contributed by atoms with E-state index in [1.54, 1.807) is 0 Å². The van der Waals surface area contributed by atoms with Crippen LogP contribution in [0.3, 0.4) is 0 Å². The van der Waals surface area contributed by atoms with Crippen molar-refractivity contribution >= 4 is 39.7 Å². The lowest BCUT2D eigenvalue weighted by Crippen LogP contribution is -2.30. The lowest BCUT2D eigenvalue weighted by Gasteiger charge is -2.28. The summed E-state index contributed by atoms with van der Waals surface area (Å²) in [5.41, 5.74) is 2.98. The molecule has 4 nitrogen and oxygen atoms in total. The van der Waals surface area contributed by atoms with Gasteiger partial charge in [-0.2, -0.15) is 0 Å². The standard InChI is InChI=1S/C20H21N3OS/c1-14-12-19(23-9-3-2-4-10-23)22-17-8-7-15(13-16(14)17)21-20(24)18-6-5-11-25-18/h5-8,11-13H,2-4,9-10H2,1H3,(H,21,24). The molecule has 2 aromatic heterocycles. The molecular formula is C20H21N3OS. The molecule has 4 rings (SSSR count). The lowest BCUT2D eigenvalue weighted by atomic mass is 10.1. The van der Waals surface area contributed by atoms with Crippen molar-refractivity contribution in [3.8, 4) is 0 Å². The minimum Gasteiger partial charge on any atom is -0.357 e. The molecule has 1 fully saturated rings. The van der Waals surface area contributed by atoms with Crippen molar-refractivity contribution in [3.63, 3.8) is 0 Å². The van der Waals surface area contributed by atoms with Crippen LogP contribution in [0.1, 0.15) is 34.5 Å². The first-order valence-electron chi connectivity index (χ1n) is 8.72. The Morgan fingerprint density at radius 2 is 2.00 bits per heavy atom. The maximum Gasteiger partial charge on any atom is 0.265 e. The normalized spacial score (nSPS) is 14.7. The molecule has 1 aromatic carbocycles. The van der Waals surface area contributed by atoms with Gasteiger partial charge in [-0.05, 0) is 67.5 Å². The van der Waals surface area contributed by atoms with E-state index >= 15 is 0 Å². The summed E-state index contributed by atoms with van der Waals surface area (Å²) >= 11 is 1.44. The number of nitrogens with zero attached hydrogens (tertiary/aromatic N) is 2. The van der Waals surface area contributed by atoms with Gasteiger partial charge in [0, 0.05) is 24.2 Å². The maximum absolute atomic E-state index is 12.2. The quantitative estimate of drug-likeness (QED) is 0.734. The predicted molar refractivity (Wildman–Crippen MR) is 105 cm³/mol. The second-order valence-electron chi connectivity index (χ2n) is 6.51. The molecule has 3 aromatic rings. The van der Waals surface area contributed by atoms with E-state index in [0.717, 1.165) is 40.4 Å². The van der Waals surface area contributed by atoms with Gasteiger partial charge in [0.2, 0.25) is 0 Å². The van der Waals surface area contributed by atoms with Gasteiger partial charge in [-0.3, -0.25) is 4.79 Å².